The third-order valence-electron chi connectivity index (χ3n) is 4.39. The molecule has 4 rings (SSSR count). The van der Waals surface area contributed by atoms with Crippen LogP contribution in [-0.2, 0) is 5.54 Å². The van der Waals surface area contributed by atoms with Gasteiger partial charge in [0.05, 0.1) is 42.1 Å². The van der Waals surface area contributed by atoms with Gasteiger partial charge in [0, 0.05) is 17.8 Å². The Bertz CT molecular complexity index is 913. The molecule has 0 radical (unpaired) electrons. The third-order valence-corrected chi connectivity index (χ3v) is 4.58. The van der Waals surface area contributed by atoms with Gasteiger partial charge in [-0.3, -0.25) is 4.68 Å². The first kappa shape index (κ1) is 14.2. The van der Waals surface area contributed by atoms with Crippen LogP contribution in [0.15, 0.2) is 30.9 Å². The van der Waals surface area contributed by atoms with Gasteiger partial charge in [0.15, 0.2) is 0 Å². The summed E-state index contributed by atoms with van der Waals surface area (Å²) in [5.41, 5.74) is 8.04. The zero-order valence-electron chi connectivity index (χ0n) is 12.2. The predicted octanol–water partition coefficient (Wildman–Crippen LogP) is 1.98. The van der Waals surface area contributed by atoms with Gasteiger partial charge in [-0.2, -0.15) is 15.5 Å². The SMILES string of the molecule is N#CCC1(n2cc(-c3nc(Cl)cn4nccc34)cn2)CC(N)C1. The second-order valence-corrected chi connectivity index (χ2v) is 6.36. The number of halogens is 1. The lowest BCUT2D eigenvalue weighted by Gasteiger charge is -2.44. The van der Waals surface area contributed by atoms with Crippen molar-refractivity contribution in [2.75, 3.05) is 0 Å². The summed E-state index contributed by atoms with van der Waals surface area (Å²) < 4.78 is 3.54. The van der Waals surface area contributed by atoms with Crippen LogP contribution in [0.5, 0.6) is 0 Å². The van der Waals surface area contributed by atoms with Crippen LogP contribution in [0.25, 0.3) is 16.8 Å². The highest BCUT2D eigenvalue weighted by Crippen LogP contribution is 2.41. The number of hydrogen-bond acceptors (Lipinski definition) is 5. The summed E-state index contributed by atoms with van der Waals surface area (Å²) in [4.78, 5) is 4.41. The zero-order chi connectivity index (χ0) is 16.0. The van der Waals surface area contributed by atoms with Crippen molar-refractivity contribution in [1.82, 2.24) is 24.4 Å². The van der Waals surface area contributed by atoms with Crippen LogP contribution in [0.4, 0.5) is 0 Å². The lowest BCUT2D eigenvalue weighted by atomic mass is 9.71. The van der Waals surface area contributed by atoms with Crippen LogP contribution in [0, 0.1) is 11.3 Å². The molecule has 116 valence electrons. The molecule has 0 aliphatic heterocycles. The Morgan fingerprint density at radius 2 is 2.22 bits per heavy atom. The molecule has 23 heavy (non-hydrogen) atoms. The smallest absolute Gasteiger partial charge is 0.148 e. The van der Waals surface area contributed by atoms with E-state index in [1.165, 1.54) is 0 Å². The number of rotatable bonds is 3. The summed E-state index contributed by atoms with van der Waals surface area (Å²) in [6, 6.07) is 4.25. The minimum atomic E-state index is -0.304. The minimum absolute atomic E-state index is 0.127. The molecule has 0 atom stereocenters. The van der Waals surface area contributed by atoms with E-state index in [0.717, 1.165) is 29.6 Å². The van der Waals surface area contributed by atoms with E-state index < -0.39 is 0 Å². The zero-order valence-corrected chi connectivity index (χ0v) is 13.0. The molecule has 3 aromatic rings. The fourth-order valence-corrected chi connectivity index (χ4v) is 3.47. The first-order valence-electron chi connectivity index (χ1n) is 7.29. The molecule has 0 spiro atoms. The Hall–Kier alpha value is -2.43. The van der Waals surface area contributed by atoms with E-state index in [9.17, 15) is 0 Å². The molecule has 2 N–H and O–H groups in total. The molecular formula is C15H14ClN7. The van der Waals surface area contributed by atoms with Crippen LogP contribution in [0.1, 0.15) is 19.3 Å². The molecule has 1 saturated carbocycles. The maximum Gasteiger partial charge on any atom is 0.148 e. The lowest BCUT2D eigenvalue weighted by molar-refractivity contribution is 0.103. The van der Waals surface area contributed by atoms with Gasteiger partial charge >= 0.3 is 0 Å². The first-order valence-corrected chi connectivity index (χ1v) is 7.67. The number of nitrogens with two attached hydrogens (primary N) is 1. The molecule has 0 aromatic carbocycles. The molecule has 1 fully saturated rings. The molecule has 0 amide bonds. The quantitative estimate of drug-likeness (QED) is 0.793. The van der Waals surface area contributed by atoms with Gasteiger partial charge in [0.25, 0.3) is 0 Å². The molecule has 3 aromatic heterocycles. The Kier molecular flexibility index (Phi) is 3.11. The van der Waals surface area contributed by atoms with E-state index in [1.807, 2.05) is 16.9 Å². The van der Waals surface area contributed by atoms with Crippen molar-refractivity contribution in [2.24, 2.45) is 5.73 Å². The summed E-state index contributed by atoms with van der Waals surface area (Å²) in [5, 5.41) is 18.1. The maximum absolute atomic E-state index is 9.11. The Morgan fingerprint density at radius 3 is 2.96 bits per heavy atom. The standard InChI is InChI=1S/C15H14ClN7/c16-13-9-22-12(1-4-19-22)14(21-13)10-7-20-23(8-10)15(2-3-17)5-11(18)6-15/h1,4,7-9,11H,2,5-6,18H2. The van der Waals surface area contributed by atoms with Crippen molar-refractivity contribution < 1.29 is 0 Å². The first-order chi connectivity index (χ1) is 11.1. The highest BCUT2D eigenvalue weighted by Gasteiger charge is 2.45. The summed E-state index contributed by atoms with van der Waals surface area (Å²) in [6.45, 7) is 0. The summed E-state index contributed by atoms with van der Waals surface area (Å²) in [7, 11) is 0. The average molecular weight is 328 g/mol. The number of nitriles is 1. The van der Waals surface area contributed by atoms with Gasteiger partial charge in [-0.15, -0.1) is 0 Å². The van der Waals surface area contributed by atoms with Gasteiger partial charge in [-0.1, -0.05) is 11.6 Å². The van der Waals surface area contributed by atoms with Crippen molar-refractivity contribution in [1.29, 1.82) is 5.26 Å². The monoisotopic (exact) mass is 327 g/mol. The number of fused-ring (bicyclic) bond motifs is 1. The molecule has 7 nitrogen and oxygen atoms in total. The third kappa shape index (κ3) is 2.19. The van der Waals surface area contributed by atoms with Gasteiger partial charge in [-0.25, -0.2) is 9.50 Å². The van der Waals surface area contributed by atoms with Crippen molar-refractivity contribution >= 4 is 17.1 Å². The van der Waals surface area contributed by atoms with Crippen molar-refractivity contribution in [3.63, 3.8) is 0 Å². The highest BCUT2D eigenvalue weighted by molar-refractivity contribution is 6.29. The molecule has 3 heterocycles. The molecule has 1 aliphatic carbocycles. The van der Waals surface area contributed by atoms with Crippen LogP contribution in [0.3, 0.4) is 0 Å². The minimum Gasteiger partial charge on any atom is -0.328 e. The Balaban J connectivity index is 1.78. The molecule has 0 bridgehead atoms. The van der Waals surface area contributed by atoms with Crippen LogP contribution >= 0.6 is 11.6 Å². The summed E-state index contributed by atoms with van der Waals surface area (Å²) in [6.07, 6.45) is 8.92. The van der Waals surface area contributed by atoms with Crippen molar-refractivity contribution in [3.05, 3.63) is 36.0 Å². The molecule has 0 saturated heterocycles. The molecule has 8 heteroatoms. The van der Waals surface area contributed by atoms with E-state index in [-0.39, 0.29) is 11.6 Å². The summed E-state index contributed by atoms with van der Waals surface area (Å²) in [5.74, 6) is 0. The second kappa shape index (κ2) is 5.05. The topological polar surface area (TPSA) is 97.8 Å². The number of aromatic nitrogens is 5. The molecule has 0 unspecified atom stereocenters. The van der Waals surface area contributed by atoms with Gasteiger partial charge in [0.2, 0.25) is 0 Å². The number of nitrogens with zero attached hydrogens (tertiary/aromatic N) is 6. The van der Waals surface area contributed by atoms with Crippen LogP contribution in [-0.4, -0.2) is 30.4 Å². The second-order valence-electron chi connectivity index (χ2n) is 5.97. The number of hydrogen-bond donors (Lipinski definition) is 1. The van der Waals surface area contributed by atoms with Crippen molar-refractivity contribution in [3.8, 4) is 17.3 Å². The van der Waals surface area contributed by atoms with E-state index in [4.69, 9.17) is 22.6 Å². The fraction of sp³-hybridized carbons (Fsp3) is 0.333. The molecular weight excluding hydrogens is 314 g/mol. The van der Waals surface area contributed by atoms with Gasteiger partial charge in [-0.05, 0) is 18.9 Å². The maximum atomic E-state index is 9.11. The van der Waals surface area contributed by atoms with Gasteiger partial charge < -0.3 is 5.73 Å². The van der Waals surface area contributed by atoms with E-state index in [1.54, 1.807) is 23.1 Å². The normalized spacial score (nSPS) is 23.6. The van der Waals surface area contributed by atoms with Crippen LogP contribution < -0.4 is 5.73 Å². The summed E-state index contributed by atoms with van der Waals surface area (Å²) >= 11 is 6.08. The highest BCUT2D eigenvalue weighted by atomic mass is 35.5. The van der Waals surface area contributed by atoms with Crippen LogP contribution in [0.2, 0.25) is 5.15 Å². The van der Waals surface area contributed by atoms with Gasteiger partial charge in [0.1, 0.15) is 10.8 Å². The van der Waals surface area contributed by atoms with E-state index >= 15 is 0 Å². The largest absolute Gasteiger partial charge is 0.328 e. The van der Waals surface area contributed by atoms with Crippen molar-refractivity contribution in [2.45, 2.75) is 30.8 Å². The van der Waals surface area contributed by atoms with E-state index in [0.29, 0.717) is 11.6 Å². The fourth-order valence-electron chi connectivity index (χ4n) is 3.29. The van der Waals surface area contributed by atoms with E-state index in [2.05, 4.69) is 21.3 Å². The average Bonchev–Trinajstić information content (AvgIpc) is 3.13. The Labute approximate surface area is 137 Å². The predicted molar refractivity (Wildman–Crippen MR) is 84.6 cm³/mol. The Morgan fingerprint density at radius 1 is 1.39 bits per heavy atom. The molecule has 1 aliphatic rings. The lowest BCUT2D eigenvalue weighted by Crippen LogP contribution is -2.53.